The Kier molecular flexibility index (Phi) is 2.49. The van der Waals surface area contributed by atoms with Crippen LogP contribution in [0.25, 0.3) is 0 Å². The number of aromatic nitrogens is 3. The van der Waals surface area contributed by atoms with E-state index in [-0.39, 0.29) is 0 Å². The molecular weight excluding hydrogens is 130 g/mol. The van der Waals surface area contributed by atoms with Gasteiger partial charge in [-0.3, -0.25) is 4.79 Å². The van der Waals surface area contributed by atoms with Crippen molar-refractivity contribution in [1.29, 1.82) is 0 Å². The van der Waals surface area contributed by atoms with Crippen LogP contribution in [0.15, 0.2) is 12.7 Å². The molecule has 1 aromatic heterocycles. The van der Waals surface area contributed by atoms with Crippen LogP contribution in [-0.2, 0) is 11.2 Å². The highest BCUT2D eigenvalue weighted by Crippen LogP contribution is 1.88. The van der Waals surface area contributed by atoms with Crippen LogP contribution in [0.3, 0.4) is 0 Å². The highest BCUT2D eigenvalue weighted by Gasteiger charge is 1.92. The van der Waals surface area contributed by atoms with Crippen LogP contribution < -0.4 is 0 Å². The number of hydrogen-bond donors (Lipinski definition) is 0. The van der Waals surface area contributed by atoms with Crippen molar-refractivity contribution in [1.82, 2.24) is 15.0 Å². The van der Waals surface area contributed by atoms with Gasteiger partial charge in [-0.15, -0.1) is 0 Å². The van der Waals surface area contributed by atoms with Crippen molar-refractivity contribution >= 4 is 6.29 Å². The van der Waals surface area contributed by atoms with Gasteiger partial charge in [0.1, 0.15) is 18.5 Å². The minimum atomic E-state index is 0.351. The quantitative estimate of drug-likeness (QED) is 0.582. The molecule has 1 aromatic rings. The largest absolute Gasteiger partial charge is 0.291 e. The SMILES string of the molecule is O=[C]CCc1ncncn1. The molecule has 0 fully saturated rings. The normalized spacial score (nSPS) is 9.20. The maximum Gasteiger partial charge on any atom is 0.198 e. The lowest BCUT2D eigenvalue weighted by Crippen LogP contribution is -1.94. The first-order valence-electron chi connectivity index (χ1n) is 2.89. The monoisotopic (exact) mass is 136 g/mol. The predicted molar refractivity (Wildman–Crippen MR) is 33.8 cm³/mol. The summed E-state index contributed by atoms with van der Waals surface area (Å²) in [7, 11) is 0. The lowest BCUT2D eigenvalue weighted by Gasteiger charge is -1.90. The van der Waals surface area contributed by atoms with Crippen molar-refractivity contribution in [2.24, 2.45) is 0 Å². The van der Waals surface area contributed by atoms with E-state index in [0.717, 1.165) is 0 Å². The second kappa shape index (κ2) is 3.66. The van der Waals surface area contributed by atoms with Crippen molar-refractivity contribution in [2.45, 2.75) is 12.8 Å². The second-order valence-electron chi connectivity index (χ2n) is 1.70. The van der Waals surface area contributed by atoms with E-state index in [0.29, 0.717) is 18.7 Å². The molecule has 0 amide bonds. The zero-order chi connectivity index (χ0) is 7.23. The molecule has 0 saturated heterocycles. The molecule has 1 rings (SSSR count). The zero-order valence-electron chi connectivity index (χ0n) is 5.32. The Balaban J connectivity index is 2.50. The van der Waals surface area contributed by atoms with Gasteiger partial charge in [-0.1, -0.05) is 0 Å². The van der Waals surface area contributed by atoms with Gasteiger partial charge in [0, 0.05) is 12.8 Å². The van der Waals surface area contributed by atoms with Gasteiger partial charge in [-0.25, -0.2) is 15.0 Å². The Hall–Kier alpha value is -1.32. The molecule has 0 N–H and O–H groups in total. The average molecular weight is 136 g/mol. The first kappa shape index (κ1) is 6.80. The fraction of sp³-hybridized carbons (Fsp3) is 0.333. The fourth-order valence-corrected chi connectivity index (χ4v) is 0.555. The number of carbonyl (C=O) groups excluding carboxylic acids is 1. The van der Waals surface area contributed by atoms with Crippen molar-refractivity contribution in [2.75, 3.05) is 0 Å². The lowest BCUT2D eigenvalue weighted by atomic mass is 10.3. The van der Waals surface area contributed by atoms with E-state index in [4.69, 9.17) is 0 Å². The Bertz CT molecular complexity index is 199. The molecule has 10 heavy (non-hydrogen) atoms. The summed E-state index contributed by atoms with van der Waals surface area (Å²) in [5.74, 6) is 0.637. The fourth-order valence-electron chi connectivity index (χ4n) is 0.555. The van der Waals surface area contributed by atoms with Crippen molar-refractivity contribution in [3.05, 3.63) is 18.5 Å². The summed E-state index contributed by atoms with van der Waals surface area (Å²) < 4.78 is 0. The van der Waals surface area contributed by atoms with Gasteiger partial charge >= 0.3 is 0 Å². The Morgan fingerprint density at radius 2 is 2.10 bits per heavy atom. The molecule has 0 saturated carbocycles. The summed E-state index contributed by atoms with van der Waals surface area (Å²) in [5, 5.41) is 0. The van der Waals surface area contributed by atoms with Crippen molar-refractivity contribution < 1.29 is 4.79 Å². The highest BCUT2D eigenvalue weighted by molar-refractivity contribution is 5.50. The molecule has 0 atom stereocenters. The topological polar surface area (TPSA) is 55.7 Å². The second-order valence-corrected chi connectivity index (χ2v) is 1.70. The highest BCUT2D eigenvalue weighted by atomic mass is 16.1. The van der Waals surface area contributed by atoms with Gasteiger partial charge in [0.25, 0.3) is 0 Å². The third-order valence-electron chi connectivity index (χ3n) is 0.998. The lowest BCUT2D eigenvalue weighted by molar-refractivity contribution is 0.550. The van der Waals surface area contributed by atoms with Gasteiger partial charge in [0.2, 0.25) is 0 Å². The maximum atomic E-state index is 9.78. The van der Waals surface area contributed by atoms with Crippen LogP contribution in [0.5, 0.6) is 0 Å². The summed E-state index contributed by atoms with van der Waals surface area (Å²) in [6.45, 7) is 0. The minimum absolute atomic E-state index is 0.351. The Labute approximate surface area is 58.3 Å². The van der Waals surface area contributed by atoms with E-state index in [1.54, 1.807) is 6.29 Å². The van der Waals surface area contributed by atoms with E-state index in [9.17, 15) is 4.79 Å². The molecular formula is C6H6N3O. The average Bonchev–Trinajstić information content (AvgIpc) is 2.03. The first-order valence-corrected chi connectivity index (χ1v) is 2.89. The third-order valence-corrected chi connectivity index (χ3v) is 0.998. The van der Waals surface area contributed by atoms with Crippen LogP contribution in [0.1, 0.15) is 12.2 Å². The molecule has 0 bridgehead atoms. The molecule has 1 heterocycles. The van der Waals surface area contributed by atoms with E-state index >= 15 is 0 Å². The summed E-state index contributed by atoms with van der Waals surface area (Å²) in [6, 6.07) is 0. The van der Waals surface area contributed by atoms with E-state index in [1.165, 1.54) is 12.7 Å². The van der Waals surface area contributed by atoms with Crippen LogP contribution in [-0.4, -0.2) is 21.2 Å². The molecule has 51 valence electrons. The van der Waals surface area contributed by atoms with Crippen LogP contribution in [0, 0.1) is 0 Å². The number of rotatable bonds is 3. The Morgan fingerprint density at radius 1 is 1.40 bits per heavy atom. The predicted octanol–water partition coefficient (Wildman–Crippen LogP) is -0.0861. The van der Waals surface area contributed by atoms with E-state index in [1.807, 2.05) is 0 Å². The van der Waals surface area contributed by atoms with Gasteiger partial charge < -0.3 is 0 Å². The molecule has 0 aliphatic rings. The maximum absolute atomic E-state index is 9.78. The number of hydrogen-bond acceptors (Lipinski definition) is 4. The summed E-state index contributed by atoms with van der Waals surface area (Å²) in [4.78, 5) is 21.0. The molecule has 4 heteroatoms. The molecule has 0 unspecified atom stereocenters. The number of nitrogens with zero attached hydrogens (tertiary/aromatic N) is 3. The van der Waals surface area contributed by atoms with Crippen molar-refractivity contribution in [3.63, 3.8) is 0 Å². The van der Waals surface area contributed by atoms with E-state index < -0.39 is 0 Å². The first-order chi connectivity index (χ1) is 4.93. The minimum Gasteiger partial charge on any atom is -0.291 e. The van der Waals surface area contributed by atoms with Crippen LogP contribution >= 0.6 is 0 Å². The summed E-state index contributed by atoms with van der Waals surface area (Å²) in [5.41, 5.74) is 0. The number of aryl methyl sites for hydroxylation is 1. The van der Waals surface area contributed by atoms with Gasteiger partial charge in [0.15, 0.2) is 6.29 Å². The molecule has 0 aromatic carbocycles. The molecule has 4 nitrogen and oxygen atoms in total. The van der Waals surface area contributed by atoms with Crippen LogP contribution in [0.4, 0.5) is 0 Å². The molecule has 0 spiro atoms. The Morgan fingerprint density at radius 3 is 2.70 bits per heavy atom. The van der Waals surface area contributed by atoms with E-state index in [2.05, 4.69) is 15.0 Å². The third kappa shape index (κ3) is 1.89. The molecule has 0 aliphatic heterocycles. The van der Waals surface area contributed by atoms with Gasteiger partial charge in [0.05, 0.1) is 0 Å². The smallest absolute Gasteiger partial charge is 0.198 e. The summed E-state index contributed by atoms with van der Waals surface area (Å²) >= 11 is 0. The van der Waals surface area contributed by atoms with Crippen LogP contribution in [0.2, 0.25) is 0 Å². The van der Waals surface area contributed by atoms with Gasteiger partial charge in [-0.2, -0.15) is 0 Å². The van der Waals surface area contributed by atoms with Gasteiger partial charge in [-0.05, 0) is 0 Å². The van der Waals surface area contributed by atoms with Crippen molar-refractivity contribution in [3.8, 4) is 0 Å². The summed E-state index contributed by atoms with van der Waals surface area (Å²) in [6.07, 6.45) is 5.48. The standard InChI is InChI=1S/C6H6N3O/c10-3-1-2-6-8-4-7-5-9-6/h4-5H,1-2H2. The zero-order valence-corrected chi connectivity index (χ0v) is 5.32. The molecule has 1 radical (unpaired) electrons. The molecule has 0 aliphatic carbocycles.